The van der Waals surface area contributed by atoms with Crippen LogP contribution in [0.15, 0.2) is 34.9 Å². The molecule has 3 nitrogen and oxygen atoms in total. The van der Waals surface area contributed by atoms with Gasteiger partial charge >= 0.3 is 5.97 Å². The molecular weight excluding hydrogens is 306 g/mol. The van der Waals surface area contributed by atoms with Crippen molar-refractivity contribution in [3.8, 4) is 0 Å². The van der Waals surface area contributed by atoms with E-state index in [0.717, 1.165) is 20.9 Å². The first-order valence-corrected chi connectivity index (χ1v) is 6.89. The van der Waals surface area contributed by atoms with Gasteiger partial charge in [0.2, 0.25) is 0 Å². The van der Waals surface area contributed by atoms with Crippen molar-refractivity contribution >= 4 is 32.7 Å². The summed E-state index contributed by atoms with van der Waals surface area (Å²) >= 11 is 3.44. The number of esters is 1. The van der Waals surface area contributed by atoms with Crippen molar-refractivity contribution in [1.29, 1.82) is 0 Å². The number of halogens is 1. The molecule has 0 bridgehead atoms. The van der Waals surface area contributed by atoms with E-state index >= 15 is 0 Å². The topological polar surface area (TPSA) is 39.2 Å². The highest BCUT2D eigenvalue weighted by Crippen LogP contribution is 2.20. The molecule has 2 aromatic rings. The van der Waals surface area contributed by atoms with Crippen LogP contribution in [0, 0.1) is 0 Å². The first kappa shape index (κ1) is 14.0. The van der Waals surface area contributed by atoms with E-state index in [9.17, 15) is 4.79 Å². The van der Waals surface area contributed by atoms with Crippen LogP contribution in [0.3, 0.4) is 0 Å². The van der Waals surface area contributed by atoms with Crippen molar-refractivity contribution in [2.75, 3.05) is 0 Å². The summed E-state index contributed by atoms with van der Waals surface area (Å²) in [4.78, 5) is 16.1. The Morgan fingerprint density at radius 2 is 2.00 bits per heavy atom. The van der Waals surface area contributed by atoms with Crippen LogP contribution in [0.1, 0.15) is 26.5 Å². The minimum absolute atomic E-state index is 0.194. The van der Waals surface area contributed by atoms with Crippen LogP contribution in [0.4, 0.5) is 0 Å². The molecule has 19 heavy (non-hydrogen) atoms. The number of carbonyl (C=O) groups excluding carboxylic acids is 1. The third-order valence-electron chi connectivity index (χ3n) is 2.49. The molecule has 4 heteroatoms. The van der Waals surface area contributed by atoms with Gasteiger partial charge in [0.15, 0.2) is 0 Å². The van der Waals surface area contributed by atoms with Gasteiger partial charge in [-0.1, -0.05) is 22.0 Å². The molecule has 0 saturated heterocycles. The lowest BCUT2D eigenvalue weighted by Gasteiger charge is -2.19. The Morgan fingerprint density at radius 3 is 2.68 bits per heavy atom. The van der Waals surface area contributed by atoms with Crippen molar-refractivity contribution in [3.05, 3.63) is 40.6 Å². The molecule has 1 heterocycles. The second-order valence-corrected chi connectivity index (χ2v) is 6.35. The zero-order valence-corrected chi connectivity index (χ0v) is 12.8. The quantitative estimate of drug-likeness (QED) is 0.788. The number of rotatable bonds is 2. The number of carbonyl (C=O) groups is 1. The van der Waals surface area contributed by atoms with Gasteiger partial charge in [-0.25, -0.2) is 0 Å². The van der Waals surface area contributed by atoms with Gasteiger partial charge in [0.25, 0.3) is 0 Å². The van der Waals surface area contributed by atoms with Crippen LogP contribution >= 0.6 is 15.9 Å². The number of benzene rings is 1. The molecule has 0 aliphatic rings. The van der Waals surface area contributed by atoms with E-state index in [0.29, 0.717) is 0 Å². The Hall–Kier alpha value is -1.42. The first-order valence-electron chi connectivity index (χ1n) is 6.09. The zero-order valence-electron chi connectivity index (χ0n) is 11.2. The van der Waals surface area contributed by atoms with Crippen LogP contribution in [0.25, 0.3) is 10.8 Å². The van der Waals surface area contributed by atoms with E-state index in [1.807, 2.05) is 45.0 Å². The van der Waals surface area contributed by atoms with E-state index in [1.54, 1.807) is 6.20 Å². The number of hydrogen-bond acceptors (Lipinski definition) is 3. The van der Waals surface area contributed by atoms with Crippen molar-refractivity contribution in [2.45, 2.75) is 32.8 Å². The van der Waals surface area contributed by atoms with Crippen LogP contribution < -0.4 is 0 Å². The molecule has 0 amide bonds. The maximum atomic E-state index is 11.8. The summed E-state index contributed by atoms with van der Waals surface area (Å²) in [5.74, 6) is -0.255. The number of hydrogen-bond donors (Lipinski definition) is 0. The van der Waals surface area contributed by atoms with Gasteiger partial charge in [-0.3, -0.25) is 9.78 Å². The van der Waals surface area contributed by atoms with E-state index in [4.69, 9.17) is 4.74 Å². The zero-order chi connectivity index (χ0) is 14.0. The number of fused-ring (bicyclic) bond motifs is 1. The molecular formula is C15H16BrNO2. The third kappa shape index (κ3) is 4.03. The van der Waals surface area contributed by atoms with Gasteiger partial charge in [0.05, 0.1) is 12.1 Å². The minimum atomic E-state index is -0.461. The summed E-state index contributed by atoms with van der Waals surface area (Å²) in [7, 11) is 0. The summed E-state index contributed by atoms with van der Waals surface area (Å²) in [5.41, 5.74) is 0.261. The molecule has 0 atom stereocenters. The number of nitrogens with zero attached hydrogens (tertiary/aromatic N) is 1. The second kappa shape index (κ2) is 5.29. The van der Waals surface area contributed by atoms with Crippen molar-refractivity contribution in [2.24, 2.45) is 0 Å². The molecule has 0 fully saturated rings. The maximum Gasteiger partial charge on any atom is 0.312 e. The fraction of sp³-hybridized carbons (Fsp3) is 0.333. The summed E-state index contributed by atoms with van der Waals surface area (Å²) in [6, 6.07) is 7.89. The Bertz CT molecular complexity index is 617. The largest absolute Gasteiger partial charge is 0.460 e. The minimum Gasteiger partial charge on any atom is -0.460 e. The predicted octanol–water partition coefficient (Wildman–Crippen LogP) is 3.88. The molecule has 0 radical (unpaired) electrons. The number of ether oxygens (including phenoxy) is 1. The lowest BCUT2D eigenvalue weighted by molar-refractivity contribution is -0.153. The monoisotopic (exact) mass is 321 g/mol. The average Bonchev–Trinajstić information content (AvgIpc) is 2.25. The predicted molar refractivity (Wildman–Crippen MR) is 79.0 cm³/mol. The highest BCUT2D eigenvalue weighted by Gasteiger charge is 2.17. The molecule has 0 unspecified atom stereocenters. The third-order valence-corrected chi connectivity index (χ3v) is 2.98. The molecule has 2 rings (SSSR count). The fourth-order valence-corrected chi connectivity index (χ4v) is 2.16. The molecule has 1 aromatic carbocycles. The van der Waals surface area contributed by atoms with E-state index < -0.39 is 5.60 Å². The number of pyridine rings is 1. The molecule has 100 valence electrons. The molecule has 0 aliphatic heterocycles. The summed E-state index contributed by atoms with van der Waals surface area (Å²) in [5, 5.41) is 2.11. The van der Waals surface area contributed by atoms with Gasteiger partial charge in [-0.15, -0.1) is 0 Å². The molecule has 0 aliphatic carbocycles. The van der Waals surface area contributed by atoms with Crippen LogP contribution in [0.5, 0.6) is 0 Å². The molecule has 0 spiro atoms. The van der Waals surface area contributed by atoms with E-state index in [2.05, 4.69) is 20.9 Å². The van der Waals surface area contributed by atoms with Crippen LogP contribution in [-0.2, 0) is 16.0 Å². The van der Waals surface area contributed by atoms with E-state index in [-0.39, 0.29) is 12.4 Å². The first-order chi connectivity index (χ1) is 8.83. The lowest BCUT2D eigenvalue weighted by Crippen LogP contribution is -2.25. The van der Waals surface area contributed by atoms with Gasteiger partial charge in [0.1, 0.15) is 5.60 Å². The van der Waals surface area contributed by atoms with Gasteiger partial charge < -0.3 is 4.74 Å². The maximum absolute atomic E-state index is 11.8. The molecule has 0 saturated carbocycles. The SMILES string of the molecule is CC(C)(C)OC(=O)Cc1cc2cc(Br)ccc2cn1. The Balaban J connectivity index is 2.19. The van der Waals surface area contributed by atoms with Gasteiger partial charge in [0, 0.05) is 16.1 Å². The summed E-state index contributed by atoms with van der Waals surface area (Å²) in [6.45, 7) is 5.57. The smallest absolute Gasteiger partial charge is 0.312 e. The van der Waals surface area contributed by atoms with Crippen molar-refractivity contribution in [3.63, 3.8) is 0 Å². The normalized spacial score (nSPS) is 11.6. The lowest BCUT2D eigenvalue weighted by atomic mass is 10.1. The van der Waals surface area contributed by atoms with E-state index in [1.165, 1.54) is 0 Å². The molecule has 0 N–H and O–H groups in total. The van der Waals surface area contributed by atoms with Crippen molar-refractivity contribution in [1.82, 2.24) is 4.98 Å². The second-order valence-electron chi connectivity index (χ2n) is 5.43. The molecule has 1 aromatic heterocycles. The van der Waals surface area contributed by atoms with Crippen LogP contribution in [-0.4, -0.2) is 16.6 Å². The Labute approximate surface area is 121 Å². The van der Waals surface area contributed by atoms with Gasteiger partial charge in [-0.05, 0) is 44.4 Å². The van der Waals surface area contributed by atoms with Gasteiger partial charge in [-0.2, -0.15) is 0 Å². The Morgan fingerprint density at radius 1 is 1.26 bits per heavy atom. The fourth-order valence-electron chi connectivity index (χ4n) is 1.78. The average molecular weight is 322 g/mol. The number of aromatic nitrogens is 1. The van der Waals surface area contributed by atoms with Crippen LogP contribution in [0.2, 0.25) is 0 Å². The summed E-state index contributed by atoms with van der Waals surface area (Å²) < 4.78 is 6.30. The van der Waals surface area contributed by atoms with Crippen molar-refractivity contribution < 1.29 is 9.53 Å². The highest BCUT2D eigenvalue weighted by atomic mass is 79.9. The Kier molecular flexibility index (Phi) is 3.90. The standard InChI is InChI=1S/C15H16BrNO2/c1-15(2,3)19-14(18)8-13-7-11-6-12(16)5-4-10(11)9-17-13/h4-7,9H,8H2,1-3H3. The summed E-state index contributed by atoms with van der Waals surface area (Å²) in [6.07, 6.45) is 1.97. The highest BCUT2D eigenvalue weighted by molar-refractivity contribution is 9.10.